The normalized spacial score (nSPS) is 28.9. The Morgan fingerprint density at radius 2 is 1.43 bits per heavy atom. The maximum Gasteiger partial charge on any atom is 0.0813 e. The number of quaternary nitrogens is 1. The highest BCUT2D eigenvalue weighted by Crippen LogP contribution is 2.28. The molecule has 0 amide bonds. The number of hydrogen-bond donors (Lipinski definition) is 0. The number of piperidine rings is 1. The van der Waals surface area contributed by atoms with Crippen molar-refractivity contribution in [1.29, 1.82) is 0 Å². The van der Waals surface area contributed by atoms with Crippen molar-refractivity contribution < 1.29 is 4.48 Å². The zero-order valence-electron chi connectivity index (χ0n) is 9.80. The molecule has 1 aliphatic carbocycles. The van der Waals surface area contributed by atoms with Crippen LogP contribution in [-0.2, 0) is 0 Å². The summed E-state index contributed by atoms with van der Waals surface area (Å²) in [5.41, 5.74) is 0. The first-order valence-electron chi connectivity index (χ1n) is 6.62. The average molecular weight is 196 g/mol. The molecule has 2 aliphatic rings. The summed E-state index contributed by atoms with van der Waals surface area (Å²) in [6.07, 6.45) is 12.0. The topological polar surface area (TPSA) is 0 Å². The summed E-state index contributed by atoms with van der Waals surface area (Å²) >= 11 is 0. The van der Waals surface area contributed by atoms with Crippen molar-refractivity contribution in [3.8, 4) is 0 Å². The highest BCUT2D eigenvalue weighted by atomic mass is 15.3. The predicted octanol–water partition coefficient (Wildman–Crippen LogP) is 3.20. The van der Waals surface area contributed by atoms with Gasteiger partial charge >= 0.3 is 0 Å². The lowest BCUT2D eigenvalue weighted by Crippen LogP contribution is -2.50. The molecule has 2 rings (SSSR count). The molecule has 0 radical (unpaired) electrons. The van der Waals surface area contributed by atoms with Crippen molar-refractivity contribution in [2.75, 3.05) is 26.7 Å². The van der Waals surface area contributed by atoms with Gasteiger partial charge in [0.15, 0.2) is 0 Å². The summed E-state index contributed by atoms with van der Waals surface area (Å²) in [4.78, 5) is 0. The summed E-state index contributed by atoms with van der Waals surface area (Å²) in [6, 6.07) is 0. The van der Waals surface area contributed by atoms with Gasteiger partial charge in [0.2, 0.25) is 0 Å². The smallest absolute Gasteiger partial charge is 0.0813 e. The second-order valence-corrected chi connectivity index (χ2v) is 5.81. The van der Waals surface area contributed by atoms with E-state index in [1.165, 1.54) is 75.5 Å². The van der Waals surface area contributed by atoms with E-state index in [-0.39, 0.29) is 0 Å². The quantitative estimate of drug-likeness (QED) is 0.595. The molecule has 0 atom stereocenters. The van der Waals surface area contributed by atoms with Crippen LogP contribution in [0.25, 0.3) is 0 Å². The summed E-state index contributed by atoms with van der Waals surface area (Å²) in [5, 5.41) is 0. The first-order valence-corrected chi connectivity index (χ1v) is 6.62. The minimum absolute atomic E-state index is 1.06. The predicted molar refractivity (Wildman–Crippen MR) is 61.2 cm³/mol. The molecule has 0 aromatic heterocycles. The Morgan fingerprint density at radius 3 is 2.07 bits per heavy atom. The van der Waals surface area contributed by atoms with Crippen molar-refractivity contribution >= 4 is 0 Å². The Morgan fingerprint density at radius 1 is 0.857 bits per heavy atom. The minimum atomic E-state index is 1.06. The van der Waals surface area contributed by atoms with E-state index in [2.05, 4.69) is 7.05 Å². The van der Waals surface area contributed by atoms with Crippen LogP contribution in [0.5, 0.6) is 0 Å². The third-order valence-electron chi connectivity index (χ3n) is 4.32. The minimum Gasteiger partial charge on any atom is -0.326 e. The van der Waals surface area contributed by atoms with Crippen LogP contribution < -0.4 is 0 Å². The van der Waals surface area contributed by atoms with Crippen molar-refractivity contribution in [3.63, 3.8) is 0 Å². The van der Waals surface area contributed by atoms with Gasteiger partial charge in [-0.2, -0.15) is 0 Å². The van der Waals surface area contributed by atoms with E-state index in [1.54, 1.807) is 0 Å². The van der Waals surface area contributed by atoms with E-state index in [0.29, 0.717) is 0 Å². The monoisotopic (exact) mass is 196 g/mol. The van der Waals surface area contributed by atoms with Gasteiger partial charge in [0.1, 0.15) is 0 Å². The Balaban J connectivity index is 1.81. The van der Waals surface area contributed by atoms with Gasteiger partial charge < -0.3 is 4.48 Å². The van der Waals surface area contributed by atoms with Crippen LogP contribution in [-0.4, -0.2) is 31.2 Å². The second kappa shape index (κ2) is 4.65. The van der Waals surface area contributed by atoms with Gasteiger partial charge in [0.05, 0.1) is 26.7 Å². The molecule has 0 aromatic carbocycles. The highest BCUT2D eigenvalue weighted by molar-refractivity contribution is 4.66. The van der Waals surface area contributed by atoms with Crippen LogP contribution >= 0.6 is 0 Å². The Kier molecular flexibility index (Phi) is 3.48. The molecule has 0 aromatic rings. The van der Waals surface area contributed by atoms with Crippen molar-refractivity contribution in [2.45, 2.75) is 51.4 Å². The Labute approximate surface area is 89.1 Å². The number of likely N-dealkylation sites (tertiary alicyclic amines) is 1. The summed E-state index contributed by atoms with van der Waals surface area (Å²) in [6.45, 7) is 4.40. The van der Waals surface area contributed by atoms with Crippen molar-refractivity contribution in [3.05, 3.63) is 0 Å². The number of rotatable bonds is 2. The molecule has 14 heavy (non-hydrogen) atoms. The molecule has 0 bridgehead atoms. The fraction of sp³-hybridized carbons (Fsp3) is 1.00. The molecule has 2 fully saturated rings. The molecule has 0 spiro atoms. The molecule has 82 valence electrons. The van der Waals surface area contributed by atoms with E-state index < -0.39 is 0 Å². The SMILES string of the molecule is C[N+]1(CC2CCCCC2)CCCCC1. The van der Waals surface area contributed by atoms with Crippen molar-refractivity contribution in [2.24, 2.45) is 5.92 Å². The molecule has 1 heterocycles. The van der Waals surface area contributed by atoms with E-state index in [4.69, 9.17) is 0 Å². The lowest BCUT2D eigenvalue weighted by molar-refractivity contribution is -0.917. The van der Waals surface area contributed by atoms with E-state index >= 15 is 0 Å². The fourth-order valence-corrected chi connectivity index (χ4v) is 3.45. The zero-order valence-corrected chi connectivity index (χ0v) is 9.80. The molecule has 0 N–H and O–H groups in total. The molecule has 1 saturated heterocycles. The molecule has 1 aliphatic heterocycles. The summed E-state index contributed by atoms with van der Waals surface area (Å²) < 4.78 is 1.39. The maximum absolute atomic E-state index is 2.49. The summed E-state index contributed by atoms with van der Waals surface area (Å²) in [5.74, 6) is 1.06. The second-order valence-electron chi connectivity index (χ2n) is 5.81. The number of nitrogens with zero attached hydrogens (tertiary/aromatic N) is 1. The molecule has 1 saturated carbocycles. The highest BCUT2D eigenvalue weighted by Gasteiger charge is 2.28. The van der Waals surface area contributed by atoms with Crippen LogP contribution in [0.1, 0.15) is 51.4 Å². The first kappa shape index (κ1) is 10.5. The lowest BCUT2D eigenvalue weighted by atomic mass is 9.88. The van der Waals surface area contributed by atoms with Gasteiger partial charge in [0.25, 0.3) is 0 Å². The lowest BCUT2D eigenvalue weighted by Gasteiger charge is -2.41. The van der Waals surface area contributed by atoms with Crippen LogP contribution in [0.4, 0.5) is 0 Å². The standard InChI is InChI=1S/C13H26N/c1-14(10-6-3-7-11-14)12-13-8-4-2-5-9-13/h13H,2-12H2,1H3/q+1. The molecular weight excluding hydrogens is 170 g/mol. The maximum atomic E-state index is 2.49. The Bertz CT molecular complexity index is 164. The third kappa shape index (κ3) is 2.73. The Hall–Kier alpha value is -0.0400. The fourth-order valence-electron chi connectivity index (χ4n) is 3.45. The average Bonchev–Trinajstić information content (AvgIpc) is 2.19. The largest absolute Gasteiger partial charge is 0.326 e. The van der Waals surface area contributed by atoms with E-state index in [9.17, 15) is 0 Å². The van der Waals surface area contributed by atoms with Gasteiger partial charge in [0, 0.05) is 5.92 Å². The van der Waals surface area contributed by atoms with Gasteiger partial charge in [-0.3, -0.25) is 0 Å². The van der Waals surface area contributed by atoms with Crippen LogP contribution in [0.3, 0.4) is 0 Å². The zero-order chi connectivity index (χ0) is 9.86. The van der Waals surface area contributed by atoms with Crippen LogP contribution in [0.2, 0.25) is 0 Å². The van der Waals surface area contributed by atoms with Gasteiger partial charge in [-0.05, 0) is 32.1 Å². The number of hydrogen-bond acceptors (Lipinski definition) is 0. The van der Waals surface area contributed by atoms with E-state index in [0.717, 1.165) is 5.92 Å². The van der Waals surface area contributed by atoms with Gasteiger partial charge in [-0.1, -0.05) is 19.3 Å². The van der Waals surface area contributed by atoms with Crippen LogP contribution in [0, 0.1) is 5.92 Å². The molecular formula is C13H26N+. The van der Waals surface area contributed by atoms with Gasteiger partial charge in [-0.15, -0.1) is 0 Å². The molecule has 1 nitrogen and oxygen atoms in total. The van der Waals surface area contributed by atoms with Crippen molar-refractivity contribution in [1.82, 2.24) is 0 Å². The van der Waals surface area contributed by atoms with Gasteiger partial charge in [-0.25, -0.2) is 0 Å². The van der Waals surface area contributed by atoms with E-state index in [1.807, 2.05) is 0 Å². The summed E-state index contributed by atoms with van der Waals surface area (Å²) in [7, 11) is 2.49. The molecule has 0 unspecified atom stereocenters. The molecule has 1 heteroatoms. The first-order chi connectivity index (χ1) is 6.79. The van der Waals surface area contributed by atoms with Crippen LogP contribution in [0.15, 0.2) is 0 Å². The third-order valence-corrected chi connectivity index (χ3v) is 4.32.